The van der Waals surface area contributed by atoms with E-state index in [1.54, 1.807) is 6.07 Å². The van der Waals surface area contributed by atoms with Crippen molar-refractivity contribution in [1.82, 2.24) is 10.9 Å². The van der Waals surface area contributed by atoms with Crippen LogP contribution >= 0.6 is 0 Å². The van der Waals surface area contributed by atoms with Crippen molar-refractivity contribution in [3.05, 3.63) is 35.5 Å². The predicted molar refractivity (Wildman–Crippen MR) is 95.3 cm³/mol. The van der Waals surface area contributed by atoms with Crippen LogP contribution in [0.15, 0.2) is 30.0 Å². The summed E-state index contributed by atoms with van der Waals surface area (Å²) in [5.74, 6) is -0.971. The van der Waals surface area contributed by atoms with Gasteiger partial charge in [-0.3, -0.25) is 20.4 Å². The Hall–Kier alpha value is -3.03. The molecule has 0 atom stereocenters. The summed E-state index contributed by atoms with van der Waals surface area (Å²) in [5, 5.41) is 2.69. The first-order valence-electron chi connectivity index (χ1n) is 8.11. The van der Waals surface area contributed by atoms with Crippen molar-refractivity contribution in [2.75, 3.05) is 19.0 Å². The van der Waals surface area contributed by atoms with Crippen LogP contribution in [-0.4, -0.2) is 31.5 Å². The molecule has 1 aliphatic rings. The number of rotatable bonds is 5. The van der Waals surface area contributed by atoms with Crippen LogP contribution in [-0.2, 0) is 24.5 Å². The molecule has 0 aliphatic carbocycles. The summed E-state index contributed by atoms with van der Waals surface area (Å²) in [6.07, 6.45) is 1.47. The number of carbonyl (C=O) groups is 3. The first-order valence-corrected chi connectivity index (χ1v) is 8.11. The lowest BCUT2D eigenvalue weighted by molar-refractivity contribution is -0.144. The Balaban J connectivity index is 1.99. The number of hydrazine groups is 1. The molecule has 1 aromatic carbocycles. The minimum atomic E-state index is -0.726. The van der Waals surface area contributed by atoms with E-state index in [9.17, 15) is 14.4 Å². The van der Waals surface area contributed by atoms with E-state index < -0.39 is 18.5 Å². The summed E-state index contributed by atoms with van der Waals surface area (Å²) in [5.41, 5.74) is 6.24. The average Bonchev–Trinajstić information content (AvgIpc) is 2.59. The summed E-state index contributed by atoms with van der Waals surface area (Å²) in [4.78, 5) is 35.0. The van der Waals surface area contributed by atoms with E-state index in [0.29, 0.717) is 11.4 Å². The third-order valence-corrected chi connectivity index (χ3v) is 3.72. The SMILES string of the molecule is COc1ccc(C(C)(C)C)cc1NC(=O)COC(=O)C1=CCC(=O)NN1. The van der Waals surface area contributed by atoms with Gasteiger partial charge in [-0.05, 0) is 29.2 Å². The van der Waals surface area contributed by atoms with E-state index in [2.05, 4.69) is 36.9 Å². The van der Waals surface area contributed by atoms with Gasteiger partial charge in [-0.15, -0.1) is 0 Å². The minimum absolute atomic E-state index is 0.0699. The zero-order valence-electron chi connectivity index (χ0n) is 15.3. The van der Waals surface area contributed by atoms with Gasteiger partial charge in [0.1, 0.15) is 11.4 Å². The zero-order valence-corrected chi connectivity index (χ0v) is 15.3. The number of benzene rings is 1. The second kappa shape index (κ2) is 7.90. The number of ether oxygens (including phenoxy) is 2. The van der Waals surface area contributed by atoms with E-state index in [1.807, 2.05) is 12.1 Å². The molecule has 2 amide bonds. The molecule has 0 saturated heterocycles. The summed E-state index contributed by atoms with van der Waals surface area (Å²) >= 11 is 0. The number of amides is 2. The van der Waals surface area contributed by atoms with E-state index in [1.165, 1.54) is 13.2 Å². The molecule has 0 bridgehead atoms. The molecule has 2 rings (SSSR count). The summed E-state index contributed by atoms with van der Waals surface area (Å²) < 4.78 is 10.2. The van der Waals surface area contributed by atoms with Crippen LogP contribution in [0.3, 0.4) is 0 Å². The molecule has 8 heteroatoms. The van der Waals surface area contributed by atoms with Crippen molar-refractivity contribution in [3.8, 4) is 5.75 Å². The lowest BCUT2D eigenvalue weighted by atomic mass is 9.87. The molecule has 140 valence electrons. The number of hydrogen-bond acceptors (Lipinski definition) is 6. The molecular weight excluding hydrogens is 338 g/mol. The number of hydrogen-bond donors (Lipinski definition) is 3. The van der Waals surface area contributed by atoms with Crippen LogP contribution in [0.2, 0.25) is 0 Å². The number of methoxy groups -OCH3 is 1. The molecule has 0 fully saturated rings. The monoisotopic (exact) mass is 361 g/mol. The molecule has 1 aliphatic heterocycles. The highest BCUT2D eigenvalue weighted by Gasteiger charge is 2.19. The van der Waals surface area contributed by atoms with Crippen LogP contribution in [0.1, 0.15) is 32.8 Å². The van der Waals surface area contributed by atoms with Crippen molar-refractivity contribution in [3.63, 3.8) is 0 Å². The van der Waals surface area contributed by atoms with E-state index in [-0.39, 0.29) is 23.4 Å². The highest BCUT2D eigenvalue weighted by atomic mass is 16.5. The summed E-state index contributed by atoms with van der Waals surface area (Å²) in [7, 11) is 1.51. The Kier molecular flexibility index (Phi) is 5.86. The Morgan fingerprint density at radius 2 is 1.96 bits per heavy atom. The van der Waals surface area contributed by atoms with Crippen LogP contribution in [0, 0.1) is 0 Å². The summed E-state index contributed by atoms with van der Waals surface area (Å²) in [6, 6.07) is 5.55. The van der Waals surface area contributed by atoms with Crippen molar-refractivity contribution in [2.45, 2.75) is 32.6 Å². The molecular formula is C18H23N3O5. The second-order valence-corrected chi connectivity index (χ2v) is 6.78. The normalized spacial score (nSPS) is 13.8. The quantitative estimate of drug-likeness (QED) is 0.684. The first kappa shape index (κ1) is 19.3. The highest BCUT2D eigenvalue weighted by Crippen LogP contribution is 2.31. The van der Waals surface area contributed by atoms with Crippen molar-refractivity contribution in [2.24, 2.45) is 0 Å². The topological polar surface area (TPSA) is 106 Å². The van der Waals surface area contributed by atoms with Crippen LogP contribution < -0.4 is 20.9 Å². The Labute approximate surface area is 151 Å². The number of esters is 1. The van der Waals surface area contributed by atoms with Crippen molar-refractivity contribution < 1.29 is 23.9 Å². The summed E-state index contributed by atoms with van der Waals surface area (Å²) in [6.45, 7) is 5.72. The van der Waals surface area contributed by atoms with Gasteiger partial charge in [0, 0.05) is 6.42 Å². The molecule has 1 aromatic rings. The van der Waals surface area contributed by atoms with Gasteiger partial charge < -0.3 is 14.8 Å². The van der Waals surface area contributed by atoms with Crippen molar-refractivity contribution >= 4 is 23.5 Å². The number of nitrogens with one attached hydrogen (secondary N) is 3. The van der Waals surface area contributed by atoms with Crippen LogP contribution in [0.4, 0.5) is 5.69 Å². The van der Waals surface area contributed by atoms with Gasteiger partial charge in [-0.25, -0.2) is 4.79 Å². The van der Waals surface area contributed by atoms with E-state index >= 15 is 0 Å². The average molecular weight is 361 g/mol. The fourth-order valence-corrected chi connectivity index (χ4v) is 2.24. The minimum Gasteiger partial charge on any atom is -0.495 e. The molecule has 26 heavy (non-hydrogen) atoms. The largest absolute Gasteiger partial charge is 0.495 e. The lowest BCUT2D eigenvalue weighted by Crippen LogP contribution is -2.42. The van der Waals surface area contributed by atoms with Gasteiger partial charge in [0.05, 0.1) is 12.8 Å². The fraction of sp³-hybridized carbons (Fsp3) is 0.389. The van der Waals surface area contributed by atoms with Gasteiger partial charge in [0.15, 0.2) is 6.61 Å². The smallest absolute Gasteiger partial charge is 0.356 e. The maximum atomic E-state index is 12.1. The van der Waals surface area contributed by atoms with Crippen LogP contribution in [0.5, 0.6) is 5.75 Å². The third kappa shape index (κ3) is 4.98. The molecule has 3 N–H and O–H groups in total. The fourth-order valence-electron chi connectivity index (χ4n) is 2.24. The maximum absolute atomic E-state index is 12.1. The van der Waals surface area contributed by atoms with E-state index in [0.717, 1.165) is 5.56 Å². The van der Waals surface area contributed by atoms with Gasteiger partial charge in [0.2, 0.25) is 5.91 Å². The molecule has 0 unspecified atom stereocenters. The Bertz CT molecular complexity index is 750. The van der Waals surface area contributed by atoms with Gasteiger partial charge in [-0.1, -0.05) is 26.8 Å². The standard InChI is InChI=1S/C18H23N3O5/c1-18(2,3)11-5-7-14(25-4)13(9-11)19-16(23)10-26-17(24)12-6-8-15(22)21-20-12/h5-7,9,20H,8,10H2,1-4H3,(H,19,23)(H,21,22). The zero-order chi connectivity index (χ0) is 19.3. The first-order chi connectivity index (χ1) is 12.2. The number of anilines is 1. The number of carbonyl (C=O) groups excluding carboxylic acids is 3. The molecule has 0 spiro atoms. The maximum Gasteiger partial charge on any atom is 0.356 e. The van der Waals surface area contributed by atoms with Crippen molar-refractivity contribution in [1.29, 1.82) is 0 Å². The van der Waals surface area contributed by atoms with E-state index in [4.69, 9.17) is 9.47 Å². The molecule has 0 saturated carbocycles. The third-order valence-electron chi connectivity index (χ3n) is 3.72. The second-order valence-electron chi connectivity index (χ2n) is 6.78. The van der Waals surface area contributed by atoms with Gasteiger partial charge in [-0.2, -0.15) is 0 Å². The Morgan fingerprint density at radius 1 is 1.23 bits per heavy atom. The highest BCUT2D eigenvalue weighted by molar-refractivity contribution is 5.96. The lowest BCUT2D eigenvalue weighted by Gasteiger charge is -2.21. The molecule has 1 heterocycles. The molecule has 0 aromatic heterocycles. The Morgan fingerprint density at radius 3 is 2.54 bits per heavy atom. The van der Waals surface area contributed by atoms with Crippen LogP contribution in [0.25, 0.3) is 0 Å². The van der Waals surface area contributed by atoms with Gasteiger partial charge in [0.25, 0.3) is 5.91 Å². The van der Waals surface area contributed by atoms with Gasteiger partial charge >= 0.3 is 5.97 Å². The molecule has 8 nitrogen and oxygen atoms in total. The predicted octanol–water partition coefficient (Wildman–Crippen LogP) is 1.38. The molecule has 0 radical (unpaired) electrons.